The highest BCUT2D eigenvalue weighted by atomic mass is 16.5. The van der Waals surface area contributed by atoms with Crippen LogP contribution in [-0.4, -0.2) is 50.9 Å². The van der Waals surface area contributed by atoms with Crippen molar-refractivity contribution >= 4 is 16.9 Å². The molecule has 1 saturated heterocycles. The molecule has 2 aromatic rings. The van der Waals surface area contributed by atoms with Crippen molar-refractivity contribution in [2.45, 2.75) is 39.3 Å². The van der Waals surface area contributed by atoms with Gasteiger partial charge in [-0.05, 0) is 33.8 Å². The standard InChI is InChI=1S/C16H22N4O2/c1-11(2)20-14-12(9-18-20)7-13(8-17-14)15(21)19-5-6-22-10-16(19,3)4/h7-9,11H,5-6,10H2,1-4H3. The van der Waals surface area contributed by atoms with E-state index in [1.807, 2.05) is 29.5 Å². The molecule has 0 atom stereocenters. The average molecular weight is 302 g/mol. The zero-order valence-corrected chi connectivity index (χ0v) is 13.5. The number of fused-ring (bicyclic) bond motifs is 1. The molecule has 1 amide bonds. The summed E-state index contributed by atoms with van der Waals surface area (Å²) < 4.78 is 7.34. The molecule has 6 heteroatoms. The molecule has 2 aromatic heterocycles. The molecule has 0 bridgehead atoms. The fraction of sp³-hybridized carbons (Fsp3) is 0.562. The Morgan fingerprint density at radius 2 is 2.14 bits per heavy atom. The third-order valence-electron chi connectivity index (χ3n) is 4.06. The van der Waals surface area contributed by atoms with Crippen molar-refractivity contribution in [2.75, 3.05) is 19.8 Å². The quantitative estimate of drug-likeness (QED) is 0.854. The summed E-state index contributed by atoms with van der Waals surface area (Å²) in [6, 6.07) is 2.12. The SMILES string of the molecule is CC(C)n1ncc2cc(C(=O)N3CCOCC3(C)C)cnc21. The number of hydrogen-bond donors (Lipinski definition) is 0. The summed E-state index contributed by atoms with van der Waals surface area (Å²) in [5.41, 5.74) is 1.12. The highest BCUT2D eigenvalue weighted by Gasteiger charge is 2.34. The van der Waals surface area contributed by atoms with E-state index in [1.165, 1.54) is 0 Å². The zero-order chi connectivity index (χ0) is 15.9. The van der Waals surface area contributed by atoms with Crippen LogP contribution in [-0.2, 0) is 4.74 Å². The third kappa shape index (κ3) is 2.47. The first-order valence-electron chi connectivity index (χ1n) is 7.63. The van der Waals surface area contributed by atoms with Gasteiger partial charge < -0.3 is 9.64 Å². The van der Waals surface area contributed by atoms with Crippen LogP contribution in [0.15, 0.2) is 18.5 Å². The summed E-state index contributed by atoms with van der Waals surface area (Å²) in [4.78, 5) is 19.1. The normalized spacial score (nSPS) is 18.1. The first-order chi connectivity index (χ1) is 10.4. The van der Waals surface area contributed by atoms with Crippen LogP contribution in [0, 0.1) is 0 Å². The van der Waals surface area contributed by atoms with Crippen molar-refractivity contribution < 1.29 is 9.53 Å². The Morgan fingerprint density at radius 1 is 1.36 bits per heavy atom. The molecule has 0 N–H and O–H groups in total. The number of morpholine rings is 1. The fourth-order valence-electron chi connectivity index (χ4n) is 2.83. The van der Waals surface area contributed by atoms with Gasteiger partial charge in [-0.15, -0.1) is 0 Å². The van der Waals surface area contributed by atoms with E-state index in [0.29, 0.717) is 25.3 Å². The number of carbonyl (C=O) groups is 1. The van der Waals surface area contributed by atoms with Gasteiger partial charge in [0.2, 0.25) is 0 Å². The highest BCUT2D eigenvalue weighted by molar-refractivity contribution is 5.97. The second-order valence-electron chi connectivity index (χ2n) is 6.64. The van der Waals surface area contributed by atoms with E-state index in [2.05, 4.69) is 23.9 Å². The van der Waals surface area contributed by atoms with Crippen LogP contribution >= 0.6 is 0 Å². The topological polar surface area (TPSA) is 60.2 Å². The van der Waals surface area contributed by atoms with E-state index in [4.69, 9.17) is 4.74 Å². The Kier molecular flexibility index (Phi) is 3.64. The smallest absolute Gasteiger partial charge is 0.256 e. The van der Waals surface area contributed by atoms with E-state index in [0.717, 1.165) is 11.0 Å². The number of aromatic nitrogens is 3. The molecule has 0 saturated carbocycles. The lowest BCUT2D eigenvalue weighted by Crippen LogP contribution is -2.55. The number of pyridine rings is 1. The number of carbonyl (C=O) groups excluding carboxylic acids is 1. The minimum Gasteiger partial charge on any atom is -0.377 e. The minimum absolute atomic E-state index is 0.00000283. The van der Waals surface area contributed by atoms with E-state index in [-0.39, 0.29) is 17.5 Å². The molecule has 0 spiro atoms. The van der Waals surface area contributed by atoms with Gasteiger partial charge in [-0.1, -0.05) is 0 Å². The van der Waals surface area contributed by atoms with Crippen LogP contribution < -0.4 is 0 Å². The van der Waals surface area contributed by atoms with Gasteiger partial charge in [0.25, 0.3) is 5.91 Å². The van der Waals surface area contributed by atoms with E-state index in [9.17, 15) is 4.79 Å². The molecule has 3 heterocycles. The van der Waals surface area contributed by atoms with E-state index >= 15 is 0 Å². The molecule has 1 fully saturated rings. The van der Waals surface area contributed by atoms with Crippen molar-refractivity contribution in [2.24, 2.45) is 0 Å². The Hall–Kier alpha value is -1.95. The molecule has 6 nitrogen and oxygen atoms in total. The molecule has 1 aliphatic heterocycles. The lowest BCUT2D eigenvalue weighted by atomic mass is 10.0. The second-order valence-corrected chi connectivity index (χ2v) is 6.64. The van der Waals surface area contributed by atoms with E-state index < -0.39 is 0 Å². The highest BCUT2D eigenvalue weighted by Crippen LogP contribution is 2.23. The maximum atomic E-state index is 12.8. The van der Waals surface area contributed by atoms with Crippen LogP contribution in [0.3, 0.4) is 0 Å². The summed E-state index contributed by atoms with van der Waals surface area (Å²) in [6.45, 7) is 9.90. The van der Waals surface area contributed by atoms with Gasteiger partial charge in [-0.3, -0.25) is 4.79 Å². The predicted octanol–water partition coefficient (Wildman–Crippen LogP) is 2.26. The summed E-state index contributed by atoms with van der Waals surface area (Å²) >= 11 is 0. The van der Waals surface area contributed by atoms with Crippen LogP contribution in [0.2, 0.25) is 0 Å². The van der Waals surface area contributed by atoms with Crippen LogP contribution in [0.1, 0.15) is 44.1 Å². The van der Waals surface area contributed by atoms with Crippen molar-refractivity contribution in [1.29, 1.82) is 0 Å². The lowest BCUT2D eigenvalue weighted by molar-refractivity contribution is -0.0370. The van der Waals surface area contributed by atoms with Crippen molar-refractivity contribution in [3.05, 3.63) is 24.0 Å². The van der Waals surface area contributed by atoms with Crippen LogP contribution in [0.4, 0.5) is 0 Å². The number of ether oxygens (including phenoxy) is 1. The van der Waals surface area contributed by atoms with Crippen molar-refractivity contribution in [3.63, 3.8) is 0 Å². The van der Waals surface area contributed by atoms with Gasteiger partial charge in [-0.25, -0.2) is 9.67 Å². The molecule has 0 unspecified atom stereocenters. The maximum Gasteiger partial charge on any atom is 0.256 e. The summed E-state index contributed by atoms with van der Waals surface area (Å²) in [5.74, 6) is -0.00000283. The Bertz CT molecular complexity index is 705. The summed E-state index contributed by atoms with van der Waals surface area (Å²) in [5, 5.41) is 5.24. The molecular formula is C16H22N4O2. The Morgan fingerprint density at radius 3 is 2.82 bits per heavy atom. The molecule has 22 heavy (non-hydrogen) atoms. The number of amides is 1. The number of hydrogen-bond acceptors (Lipinski definition) is 4. The largest absolute Gasteiger partial charge is 0.377 e. The van der Waals surface area contributed by atoms with Crippen LogP contribution in [0.25, 0.3) is 11.0 Å². The van der Waals surface area contributed by atoms with Gasteiger partial charge in [0.1, 0.15) is 0 Å². The summed E-state index contributed by atoms with van der Waals surface area (Å²) in [6.07, 6.45) is 3.42. The molecule has 3 rings (SSSR count). The second kappa shape index (κ2) is 5.35. The van der Waals surface area contributed by atoms with Gasteiger partial charge in [0.15, 0.2) is 5.65 Å². The van der Waals surface area contributed by atoms with Gasteiger partial charge in [0.05, 0.1) is 30.5 Å². The molecule has 118 valence electrons. The van der Waals surface area contributed by atoms with E-state index in [1.54, 1.807) is 12.4 Å². The summed E-state index contributed by atoms with van der Waals surface area (Å²) in [7, 11) is 0. The maximum absolute atomic E-state index is 12.8. The average Bonchev–Trinajstić information content (AvgIpc) is 2.89. The first kappa shape index (κ1) is 15.0. The Balaban J connectivity index is 1.94. The molecule has 0 aliphatic carbocycles. The van der Waals surface area contributed by atoms with Crippen molar-refractivity contribution in [1.82, 2.24) is 19.7 Å². The van der Waals surface area contributed by atoms with Crippen LogP contribution in [0.5, 0.6) is 0 Å². The Labute approximate surface area is 130 Å². The number of nitrogens with zero attached hydrogens (tertiary/aromatic N) is 4. The number of rotatable bonds is 2. The zero-order valence-electron chi connectivity index (χ0n) is 13.5. The monoisotopic (exact) mass is 302 g/mol. The molecule has 1 aliphatic rings. The third-order valence-corrected chi connectivity index (χ3v) is 4.06. The van der Waals surface area contributed by atoms with Gasteiger partial charge in [0, 0.05) is 24.2 Å². The van der Waals surface area contributed by atoms with Gasteiger partial charge in [-0.2, -0.15) is 5.10 Å². The molecular weight excluding hydrogens is 280 g/mol. The minimum atomic E-state index is -0.299. The molecule has 0 radical (unpaired) electrons. The molecule has 0 aromatic carbocycles. The lowest BCUT2D eigenvalue weighted by Gasteiger charge is -2.42. The predicted molar refractivity (Wildman–Crippen MR) is 83.8 cm³/mol. The van der Waals surface area contributed by atoms with Crippen molar-refractivity contribution in [3.8, 4) is 0 Å². The first-order valence-corrected chi connectivity index (χ1v) is 7.63. The van der Waals surface area contributed by atoms with Gasteiger partial charge >= 0.3 is 0 Å². The fourth-order valence-corrected chi connectivity index (χ4v) is 2.83.